The van der Waals surface area contributed by atoms with Gasteiger partial charge >= 0.3 is 0 Å². The van der Waals surface area contributed by atoms with Crippen molar-refractivity contribution in [3.8, 4) is 0 Å². The fraction of sp³-hybridized carbons (Fsp3) is 0.409. The molecule has 3 aliphatic rings. The molecule has 1 aliphatic carbocycles. The first-order chi connectivity index (χ1) is 12.3. The Hall–Kier alpha value is -1.97. The summed E-state index contributed by atoms with van der Waals surface area (Å²) in [6, 6.07) is 20.5. The normalized spacial score (nSPS) is 36.9. The van der Waals surface area contributed by atoms with Crippen LogP contribution in [0.1, 0.15) is 42.6 Å². The van der Waals surface area contributed by atoms with E-state index >= 15 is 0 Å². The van der Waals surface area contributed by atoms with Crippen LogP contribution in [0.15, 0.2) is 60.7 Å². The molecule has 3 heteroatoms. The Labute approximate surface area is 148 Å². The number of rotatable bonds is 4. The Balaban J connectivity index is 1.27. The maximum Gasteiger partial charge on any atom is 0.144 e. The summed E-state index contributed by atoms with van der Waals surface area (Å²) in [7, 11) is 0. The van der Waals surface area contributed by atoms with Gasteiger partial charge in [-0.05, 0) is 24.0 Å². The number of ketones is 1. The Bertz CT molecular complexity index is 694. The van der Waals surface area contributed by atoms with Crippen LogP contribution < -0.4 is 0 Å². The summed E-state index contributed by atoms with van der Waals surface area (Å²) >= 11 is 0. The molecule has 0 amide bonds. The van der Waals surface area contributed by atoms with Crippen molar-refractivity contribution in [1.82, 2.24) is 0 Å². The van der Waals surface area contributed by atoms with Crippen LogP contribution in [-0.2, 0) is 14.3 Å². The molecule has 6 atom stereocenters. The Morgan fingerprint density at radius 2 is 1.12 bits per heavy atom. The second-order valence-electron chi connectivity index (χ2n) is 7.41. The number of epoxide rings is 2. The lowest BCUT2D eigenvalue weighted by molar-refractivity contribution is -0.130. The van der Waals surface area contributed by atoms with Crippen molar-refractivity contribution in [2.24, 2.45) is 11.8 Å². The van der Waals surface area contributed by atoms with Crippen molar-refractivity contribution in [2.45, 2.75) is 43.7 Å². The van der Waals surface area contributed by atoms with Crippen molar-refractivity contribution in [3.63, 3.8) is 0 Å². The van der Waals surface area contributed by atoms with E-state index in [1.54, 1.807) is 0 Å². The summed E-state index contributed by atoms with van der Waals surface area (Å²) in [5.74, 6) is 0.423. The maximum absolute atomic E-state index is 13.1. The van der Waals surface area contributed by atoms with Crippen LogP contribution in [0.4, 0.5) is 0 Å². The molecule has 0 N–H and O–H groups in total. The van der Waals surface area contributed by atoms with Crippen LogP contribution in [0.2, 0.25) is 0 Å². The van der Waals surface area contributed by atoms with Crippen LogP contribution in [0, 0.1) is 11.8 Å². The Kier molecular flexibility index (Phi) is 3.72. The van der Waals surface area contributed by atoms with E-state index in [1.807, 2.05) is 36.4 Å². The molecule has 2 heterocycles. The first kappa shape index (κ1) is 15.3. The largest absolute Gasteiger partial charge is 0.364 e. The number of carbonyl (C=O) groups excluding carboxylic acids is 1. The van der Waals surface area contributed by atoms with Gasteiger partial charge in [-0.1, -0.05) is 67.1 Å². The van der Waals surface area contributed by atoms with E-state index in [-0.39, 0.29) is 36.3 Å². The van der Waals surface area contributed by atoms with Gasteiger partial charge in [-0.2, -0.15) is 0 Å². The monoisotopic (exact) mass is 334 g/mol. The van der Waals surface area contributed by atoms with Crippen molar-refractivity contribution in [3.05, 3.63) is 71.8 Å². The number of Topliss-reactive ketones (excluding diaryl/α,β-unsaturated/α-hetero) is 1. The lowest BCUT2D eigenvalue weighted by Crippen LogP contribution is -2.35. The zero-order valence-electron chi connectivity index (χ0n) is 14.1. The summed E-state index contributed by atoms with van der Waals surface area (Å²) in [5, 5.41) is 0. The molecule has 3 nitrogen and oxygen atoms in total. The van der Waals surface area contributed by atoms with Gasteiger partial charge < -0.3 is 9.47 Å². The van der Waals surface area contributed by atoms with E-state index in [2.05, 4.69) is 24.3 Å². The second kappa shape index (κ2) is 6.08. The number of carbonyl (C=O) groups is 1. The molecule has 0 radical (unpaired) electrons. The SMILES string of the molecule is O=C1C(C2OC2c2ccccc2)CCCC1C1OC1c1ccccc1. The summed E-state index contributed by atoms with van der Waals surface area (Å²) in [6.45, 7) is 0. The van der Waals surface area contributed by atoms with Gasteiger partial charge in [0.2, 0.25) is 0 Å². The summed E-state index contributed by atoms with van der Waals surface area (Å²) in [6.07, 6.45) is 3.30. The third-order valence-corrected chi connectivity index (χ3v) is 5.86. The smallest absolute Gasteiger partial charge is 0.144 e. The molecule has 0 bridgehead atoms. The molecule has 2 aromatic rings. The molecular formula is C22H22O3. The fourth-order valence-corrected chi connectivity index (χ4v) is 4.45. The highest BCUT2D eigenvalue weighted by Gasteiger charge is 2.55. The van der Waals surface area contributed by atoms with Crippen molar-refractivity contribution in [2.75, 3.05) is 0 Å². The first-order valence-electron chi connectivity index (χ1n) is 9.27. The van der Waals surface area contributed by atoms with Crippen LogP contribution >= 0.6 is 0 Å². The highest BCUT2D eigenvalue weighted by molar-refractivity contribution is 5.86. The molecular weight excluding hydrogens is 312 g/mol. The summed E-state index contributed by atoms with van der Waals surface area (Å²) < 4.78 is 11.8. The lowest BCUT2D eigenvalue weighted by Gasteiger charge is -2.26. The van der Waals surface area contributed by atoms with E-state index < -0.39 is 0 Å². The van der Waals surface area contributed by atoms with Gasteiger partial charge in [-0.15, -0.1) is 0 Å². The lowest BCUT2D eigenvalue weighted by atomic mass is 9.75. The number of ether oxygens (including phenoxy) is 2. The quantitative estimate of drug-likeness (QED) is 0.785. The van der Waals surface area contributed by atoms with E-state index in [1.165, 1.54) is 11.1 Å². The maximum atomic E-state index is 13.1. The fourth-order valence-electron chi connectivity index (χ4n) is 4.45. The third-order valence-electron chi connectivity index (χ3n) is 5.86. The van der Waals surface area contributed by atoms with Crippen LogP contribution in [0.3, 0.4) is 0 Å². The average Bonchev–Trinajstić information content (AvgIpc) is 3.57. The molecule has 0 spiro atoms. The highest BCUT2D eigenvalue weighted by Crippen LogP contribution is 2.51. The minimum absolute atomic E-state index is 0.0320. The summed E-state index contributed by atoms with van der Waals surface area (Å²) in [5.41, 5.74) is 2.37. The molecule has 2 saturated heterocycles. The van der Waals surface area contributed by atoms with Crippen LogP contribution in [-0.4, -0.2) is 18.0 Å². The van der Waals surface area contributed by atoms with Gasteiger partial charge in [-0.25, -0.2) is 0 Å². The van der Waals surface area contributed by atoms with Crippen molar-refractivity contribution in [1.29, 1.82) is 0 Å². The number of hydrogen-bond acceptors (Lipinski definition) is 3. The topological polar surface area (TPSA) is 42.1 Å². The molecule has 2 aromatic carbocycles. The van der Waals surface area contributed by atoms with Crippen molar-refractivity contribution < 1.29 is 14.3 Å². The predicted molar refractivity (Wildman–Crippen MR) is 94.0 cm³/mol. The number of hydrogen-bond donors (Lipinski definition) is 0. The summed E-state index contributed by atoms with van der Waals surface area (Å²) in [4.78, 5) is 13.1. The van der Waals surface area contributed by atoms with E-state index in [0.717, 1.165) is 19.3 Å². The Morgan fingerprint density at radius 3 is 1.56 bits per heavy atom. The third kappa shape index (κ3) is 2.82. The highest BCUT2D eigenvalue weighted by atomic mass is 16.6. The Morgan fingerprint density at radius 1 is 0.680 bits per heavy atom. The predicted octanol–water partition coefficient (Wildman–Crippen LogP) is 4.25. The van der Waals surface area contributed by atoms with Gasteiger partial charge in [0.25, 0.3) is 0 Å². The number of benzene rings is 2. The molecule has 3 fully saturated rings. The zero-order valence-corrected chi connectivity index (χ0v) is 14.1. The molecule has 5 rings (SSSR count). The zero-order chi connectivity index (χ0) is 16.8. The van der Waals surface area contributed by atoms with Crippen LogP contribution in [0.5, 0.6) is 0 Å². The molecule has 6 unspecified atom stereocenters. The van der Waals surface area contributed by atoms with Gasteiger partial charge in [0.1, 0.15) is 18.0 Å². The van der Waals surface area contributed by atoms with Gasteiger partial charge in [0.05, 0.1) is 12.2 Å². The molecule has 2 aliphatic heterocycles. The standard InChI is InChI=1S/C22H22O3/c23-18-16(21-19(24-21)14-8-3-1-4-9-14)12-7-13-17(18)22-20(25-22)15-10-5-2-6-11-15/h1-6,8-11,16-17,19-22H,7,12-13H2. The van der Waals surface area contributed by atoms with E-state index in [9.17, 15) is 4.79 Å². The van der Waals surface area contributed by atoms with Crippen LogP contribution in [0.25, 0.3) is 0 Å². The van der Waals surface area contributed by atoms with E-state index in [0.29, 0.717) is 5.78 Å². The minimum Gasteiger partial charge on any atom is -0.364 e. The van der Waals surface area contributed by atoms with Crippen molar-refractivity contribution >= 4 is 5.78 Å². The first-order valence-corrected chi connectivity index (χ1v) is 9.27. The van der Waals surface area contributed by atoms with Gasteiger partial charge in [0, 0.05) is 11.8 Å². The van der Waals surface area contributed by atoms with E-state index in [4.69, 9.17) is 9.47 Å². The average molecular weight is 334 g/mol. The molecule has 128 valence electrons. The van der Waals surface area contributed by atoms with Gasteiger partial charge in [0.15, 0.2) is 0 Å². The second-order valence-corrected chi connectivity index (χ2v) is 7.41. The van der Waals surface area contributed by atoms with Gasteiger partial charge in [-0.3, -0.25) is 4.79 Å². The molecule has 1 saturated carbocycles. The minimum atomic E-state index is 0.0320. The molecule has 25 heavy (non-hydrogen) atoms. The molecule has 0 aromatic heterocycles.